The number of nitrogens with zero attached hydrogens (tertiary/aromatic N) is 5. The number of carboxylic acids is 2. The number of hydrogen-bond acceptors (Lipinski definition) is 7. The smallest absolute Gasteiger partial charge is 0.339 e. The second kappa shape index (κ2) is 12.6. The zero-order valence-corrected chi connectivity index (χ0v) is 30.4. The molecule has 12 heteroatoms. The lowest BCUT2D eigenvalue weighted by molar-refractivity contribution is 0.0686. The van der Waals surface area contributed by atoms with Crippen LogP contribution in [0, 0.1) is 0 Å². The fourth-order valence-electron chi connectivity index (χ4n) is 7.66. The Balaban J connectivity index is 0.983. The largest absolute Gasteiger partial charge is 0.478 e. The molecule has 2 aromatic carbocycles. The minimum atomic E-state index is -1.05. The third-order valence-electron chi connectivity index (χ3n) is 10.5. The fourth-order valence-corrected chi connectivity index (χ4v) is 8.40. The SMILES string of the molecule is Cn1ccc2cc(Nc3ncc(C4C[C@H]4c4cc5cc(Nc6ncc(C7CC7)cc6C(=O)O)cc(Br)c5n4C)cc3C(=O)O)cc(-c3ccncc3)c21. The van der Waals surface area contributed by atoms with Gasteiger partial charge in [0.15, 0.2) is 0 Å². The third kappa shape index (κ3) is 5.98. The van der Waals surface area contributed by atoms with E-state index in [-0.39, 0.29) is 28.8 Å². The Morgan fingerprint density at radius 3 is 2.09 bits per heavy atom. The summed E-state index contributed by atoms with van der Waals surface area (Å²) >= 11 is 3.75. The van der Waals surface area contributed by atoms with Gasteiger partial charge in [-0.2, -0.15) is 0 Å². The summed E-state index contributed by atoms with van der Waals surface area (Å²) in [5, 5.41) is 28.8. The van der Waals surface area contributed by atoms with Gasteiger partial charge in [0.2, 0.25) is 0 Å². The van der Waals surface area contributed by atoms with Crippen molar-refractivity contribution in [2.75, 3.05) is 10.6 Å². The molecule has 5 heterocycles. The van der Waals surface area contributed by atoms with Crippen LogP contribution in [0.25, 0.3) is 32.9 Å². The summed E-state index contributed by atoms with van der Waals surface area (Å²) in [5.41, 5.74) is 8.79. The number of aromatic nitrogens is 5. The number of rotatable bonds is 10. The number of aryl methyl sites for hydroxylation is 2. The summed E-state index contributed by atoms with van der Waals surface area (Å²) in [5.74, 6) is -0.788. The summed E-state index contributed by atoms with van der Waals surface area (Å²) in [4.78, 5) is 38.0. The van der Waals surface area contributed by atoms with Crippen LogP contribution in [0.2, 0.25) is 0 Å². The predicted molar refractivity (Wildman–Crippen MR) is 208 cm³/mol. The van der Waals surface area contributed by atoms with Crippen LogP contribution in [0.5, 0.6) is 0 Å². The van der Waals surface area contributed by atoms with E-state index in [9.17, 15) is 19.8 Å². The molecular weight excluding hydrogens is 734 g/mol. The van der Waals surface area contributed by atoms with E-state index >= 15 is 0 Å². The molecule has 11 nitrogen and oxygen atoms in total. The van der Waals surface area contributed by atoms with Crippen LogP contribution < -0.4 is 10.6 Å². The van der Waals surface area contributed by atoms with Crippen molar-refractivity contribution in [3.05, 3.63) is 124 Å². The first-order valence-corrected chi connectivity index (χ1v) is 18.2. The van der Waals surface area contributed by atoms with E-state index in [1.807, 2.05) is 62.8 Å². The molecule has 2 aliphatic carbocycles. The van der Waals surface area contributed by atoms with Crippen LogP contribution in [0.4, 0.5) is 23.0 Å². The van der Waals surface area contributed by atoms with Gasteiger partial charge < -0.3 is 30.0 Å². The van der Waals surface area contributed by atoms with E-state index in [0.29, 0.717) is 11.7 Å². The first-order chi connectivity index (χ1) is 25.6. The molecule has 2 atom stereocenters. The Hall–Kier alpha value is -6.01. The molecule has 4 N–H and O–H groups in total. The Bertz CT molecular complexity index is 2630. The van der Waals surface area contributed by atoms with Gasteiger partial charge in [0.25, 0.3) is 0 Å². The Labute approximate surface area is 312 Å². The first kappa shape index (κ1) is 32.9. The van der Waals surface area contributed by atoms with Crippen LogP contribution in [0.1, 0.15) is 74.6 Å². The van der Waals surface area contributed by atoms with E-state index in [4.69, 9.17) is 0 Å². The highest BCUT2D eigenvalue weighted by Gasteiger charge is 2.42. The van der Waals surface area contributed by atoms with Crippen molar-refractivity contribution in [2.24, 2.45) is 14.1 Å². The van der Waals surface area contributed by atoms with Crippen molar-refractivity contribution >= 4 is 72.7 Å². The number of carboxylic acid groups (broad SMARTS) is 2. The number of nitrogens with one attached hydrogen (secondary N) is 2. The maximum atomic E-state index is 12.6. The number of halogens is 1. The van der Waals surface area contributed by atoms with Crippen molar-refractivity contribution in [3.8, 4) is 11.1 Å². The van der Waals surface area contributed by atoms with E-state index in [1.165, 1.54) is 0 Å². The highest BCUT2D eigenvalue weighted by molar-refractivity contribution is 9.10. The maximum absolute atomic E-state index is 12.6. The average Bonchev–Trinajstić information content (AvgIpc) is 4.08. The Morgan fingerprint density at radius 2 is 1.42 bits per heavy atom. The van der Waals surface area contributed by atoms with Crippen molar-refractivity contribution < 1.29 is 19.8 Å². The number of fused-ring (bicyclic) bond motifs is 2. The first-order valence-electron chi connectivity index (χ1n) is 17.4. The molecule has 0 amide bonds. The maximum Gasteiger partial charge on any atom is 0.339 e. The van der Waals surface area contributed by atoms with Crippen LogP contribution in [-0.4, -0.2) is 46.2 Å². The summed E-state index contributed by atoms with van der Waals surface area (Å²) in [6.07, 6.45) is 12.1. The molecule has 2 fully saturated rings. The van der Waals surface area contributed by atoms with Gasteiger partial charge >= 0.3 is 11.9 Å². The number of anilines is 4. The van der Waals surface area contributed by atoms with Crippen LogP contribution in [0.3, 0.4) is 0 Å². The quantitative estimate of drug-likeness (QED) is 0.107. The number of benzene rings is 2. The highest BCUT2D eigenvalue weighted by Crippen LogP contribution is 2.56. The summed E-state index contributed by atoms with van der Waals surface area (Å²) in [6, 6.07) is 19.5. The topological polar surface area (TPSA) is 147 Å². The standard InChI is InChI=1S/C41H34BrN7O4/c1-48-10-7-23-11-27(16-30(36(23)48)22-5-8-43-9-6-22)46-39-33(41(52)53)14-26(20-45-39)29-18-31(29)35-15-24-12-28(17-34(42)37(24)49(35)2)47-38-32(40(50)51)13-25(19-44-38)21-3-4-21/h5-17,19-21,29,31H,3-4,18H2,1-2H3,(H,44,47)(H,45,46)(H,50,51)(H,52,53)/t29?,31-/m1/s1. The number of pyridine rings is 3. The zero-order valence-electron chi connectivity index (χ0n) is 28.8. The van der Waals surface area contributed by atoms with Gasteiger partial charge in [-0.3, -0.25) is 4.98 Å². The molecule has 0 aliphatic heterocycles. The summed E-state index contributed by atoms with van der Waals surface area (Å²) in [7, 11) is 4.04. The molecule has 0 bridgehead atoms. The van der Waals surface area contributed by atoms with Gasteiger partial charge in [0.1, 0.15) is 22.8 Å². The minimum Gasteiger partial charge on any atom is -0.478 e. The lowest BCUT2D eigenvalue weighted by atomic mass is 10.0. The Morgan fingerprint density at radius 1 is 0.774 bits per heavy atom. The normalized spacial score (nSPS) is 16.6. The highest BCUT2D eigenvalue weighted by atomic mass is 79.9. The van der Waals surface area contributed by atoms with Crippen LogP contribution in [0.15, 0.2) is 96.1 Å². The average molecular weight is 769 g/mol. The van der Waals surface area contributed by atoms with Crippen LogP contribution in [-0.2, 0) is 14.1 Å². The van der Waals surface area contributed by atoms with E-state index in [1.54, 1.807) is 36.9 Å². The number of carbonyl (C=O) groups is 2. The molecule has 53 heavy (non-hydrogen) atoms. The molecular formula is C41H34BrN7O4. The van der Waals surface area contributed by atoms with Gasteiger partial charge in [-0.15, -0.1) is 0 Å². The minimum absolute atomic E-state index is 0.111. The van der Waals surface area contributed by atoms with E-state index < -0.39 is 11.9 Å². The predicted octanol–water partition coefficient (Wildman–Crippen LogP) is 9.32. The molecule has 0 saturated heterocycles. The van der Waals surface area contributed by atoms with Gasteiger partial charge in [-0.25, -0.2) is 19.6 Å². The number of hydrogen-bond donors (Lipinski definition) is 4. The van der Waals surface area contributed by atoms with Crippen LogP contribution >= 0.6 is 15.9 Å². The zero-order chi connectivity index (χ0) is 36.5. The van der Waals surface area contributed by atoms with Crippen molar-refractivity contribution in [2.45, 2.75) is 37.0 Å². The molecule has 5 aromatic heterocycles. The second-order valence-electron chi connectivity index (χ2n) is 14.1. The third-order valence-corrected chi connectivity index (χ3v) is 11.1. The van der Waals surface area contributed by atoms with Crippen molar-refractivity contribution in [1.82, 2.24) is 24.1 Å². The lowest BCUT2D eigenvalue weighted by Gasteiger charge is -2.14. The molecule has 1 unspecified atom stereocenters. The lowest BCUT2D eigenvalue weighted by Crippen LogP contribution is -2.06. The van der Waals surface area contributed by atoms with E-state index in [0.717, 1.165) is 84.9 Å². The molecule has 7 aromatic rings. The molecule has 0 radical (unpaired) electrons. The fraction of sp³-hybridized carbons (Fsp3) is 0.195. The molecule has 264 valence electrons. The summed E-state index contributed by atoms with van der Waals surface area (Å²) < 4.78 is 5.10. The summed E-state index contributed by atoms with van der Waals surface area (Å²) in [6.45, 7) is 0. The molecule has 0 spiro atoms. The van der Waals surface area contributed by atoms with Gasteiger partial charge in [0, 0.05) is 88.9 Å². The molecule has 2 saturated carbocycles. The van der Waals surface area contributed by atoms with Crippen molar-refractivity contribution in [3.63, 3.8) is 0 Å². The molecule has 2 aliphatic rings. The monoisotopic (exact) mass is 767 g/mol. The number of aromatic carboxylic acids is 2. The second-order valence-corrected chi connectivity index (χ2v) is 14.9. The van der Waals surface area contributed by atoms with Gasteiger partial charge in [-0.05, 0) is 124 Å². The van der Waals surface area contributed by atoms with E-state index in [2.05, 4.69) is 56.7 Å². The van der Waals surface area contributed by atoms with Gasteiger partial charge in [0.05, 0.1) is 11.0 Å². The Kier molecular flexibility index (Phi) is 7.81. The molecule has 9 rings (SSSR count). The van der Waals surface area contributed by atoms with Crippen molar-refractivity contribution in [1.29, 1.82) is 0 Å². The van der Waals surface area contributed by atoms with Gasteiger partial charge in [-0.1, -0.05) is 0 Å².